The SMILES string of the molecule is COc1ccc(CN=C(N)Nc2ccc(OC(F)(F)F)cc2)cc1. The van der Waals surface area contributed by atoms with E-state index >= 15 is 0 Å². The Morgan fingerprint density at radius 3 is 2.17 bits per heavy atom. The molecule has 0 heterocycles. The van der Waals surface area contributed by atoms with Crippen LogP contribution < -0.4 is 20.5 Å². The van der Waals surface area contributed by atoms with Crippen molar-refractivity contribution in [3.05, 3.63) is 54.1 Å². The average Bonchev–Trinajstić information content (AvgIpc) is 2.54. The molecule has 128 valence electrons. The lowest BCUT2D eigenvalue weighted by Crippen LogP contribution is -2.22. The van der Waals surface area contributed by atoms with Crippen LogP contribution in [0.25, 0.3) is 0 Å². The summed E-state index contributed by atoms with van der Waals surface area (Å²) in [5.74, 6) is 0.590. The molecule has 0 atom stereocenters. The topological polar surface area (TPSA) is 68.9 Å². The number of methoxy groups -OCH3 is 1. The summed E-state index contributed by atoms with van der Waals surface area (Å²) < 4.78 is 45.1. The summed E-state index contributed by atoms with van der Waals surface area (Å²) in [5, 5.41) is 2.79. The highest BCUT2D eigenvalue weighted by Gasteiger charge is 2.30. The van der Waals surface area contributed by atoms with Crippen LogP contribution in [0.5, 0.6) is 11.5 Å². The van der Waals surface area contributed by atoms with Gasteiger partial charge in [-0.1, -0.05) is 12.1 Å². The first-order valence-electron chi connectivity index (χ1n) is 6.91. The Hall–Kier alpha value is -2.90. The van der Waals surface area contributed by atoms with Crippen LogP contribution in [0, 0.1) is 0 Å². The zero-order valence-corrected chi connectivity index (χ0v) is 12.8. The van der Waals surface area contributed by atoms with E-state index in [9.17, 15) is 13.2 Å². The van der Waals surface area contributed by atoms with Crippen molar-refractivity contribution in [2.75, 3.05) is 12.4 Å². The van der Waals surface area contributed by atoms with Gasteiger partial charge in [-0.05, 0) is 42.0 Å². The molecule has 0 aliphatic carbocycles. The van der Waals surface area contributed by atoms with Crippen LogP contribution in [0.2, 0.25) is 0 Å². The molecule has 24 heavy (non-hydrogen) atoms. The van der Waals surface area contributed by atoms with E-state index < -0.39 is 6.36 Å². The molecular formula is C16H16F3N3O2. The molecule has 0 saturated carbocycles. The number of anilines is 1. The normalized spacial score (nSPS) is 11.9. The first-order valence-corrected chi connectivity index (χ1v) is 6.91. The Labute approximate surface area is 136 Å². The molecule has 0 unspecified atom stereocenters. The number of rotatable bonds is 5. The van der Waals surface area contributed by atoms with Crippen LogP contribution in [0.3, 0.4) is 0 Å². The summed E-state index contributed by atoms with van der Waals surface area (Å²) in [7, 11) is 1.58. The largest absolute Gasteiger partial charge is 0.573 e. The predicted octanol–water partition coefficient (Wildman–Crippen LogP) is 3.52. The highest BCUT2D eigenvalue weighted by Crippen LogP contribution is 2.23. The van der Waals surface area contributed by atoms with Gasteiger partial charge in [0.25, 0.3) is 0 Å². The fraction of sp³-hybridized carbons (Fsp3) is 0.188. The minimum Gasteiger partial charge on any atom is -0.497 e. The van der Waals surface area contributed by atoms with E-state index in [1.165, 1.54) is 24.3 Å². The van der Waals surface area contributed by atoms with Crippen molar-refractivity contribution < 1.29 is 22.6 Å². The van der Waals surface area contributed by atoms with Crippen molar-refractivity contribution in [1.29, 1.82) is 0 Å². The molecule has 2 rings (SSSR count). The van der Waals surface area contributed by atoms with E-state index in [0.717, 1.165) is 11.3 Å². The Morgan fingerprint density at radius 2 is 1.62 bits per heavy atom. The summed E-state index contributed by atoms with van der Waals surface area (Å²) in [6.45, 7) is 0.359. The molecule has 3 N–H and O–H groups in total. The first kappa shape index (κ1) is 17.5. The smallest absolute Gasteiger partial charge is 0.497 e. The number of nitrogens with two attached hydrogens (primary N) is 1. The zero-order chi connectivity index (χ0) is 17.6. The Balaban J connectivity index is 1.91. The minimum atomic E-state index is -4.71. The van der Waals surface area contributed by atoms with Crippen LogP contribution >= 0.6 is 0 Å². The number of hydrogen-bond acceptors (Lipinski definition) is 3. The van der Waals surface area contributed by atoms with Gasteiger partial charge in [0.05, 0.1) is 13.7 Å². The quantitative estimate of drug-likeness (QED) is 0.646. The number of benzene rings is 2. The van der Waals surface area contributed by atoms with Crippen molar-refractivity contribution in [1.82, 2.24) is 0 Å². The standard InChI is InChI=1S/C16H16F3N3O2/c1-23-13-6-2-11(3-7-13)10-21-15(20)22-12-4-8-14(9-5-12)24-16(17,18)19/h2-9H,10H2,1H3,(H3,20,21,22). The fourth-order valence-electron chi connectivity index (χ4n) is 1.83. The van der Waals surface area contributed by atoms with Gasteiger partial charge in [0.2, 0.25) is 0 Å². The number of aliphatic imine (C=N–C) groups is 1. The van der Waals surface area contributed by atoms with Crippen LogP contribution in [-0.2, 0) is 6.54 Å². The lowest BCUT2D eigenvalue weighted by molar-refractivity contribution is -0.274. The van der Waals surface area contributed by atoms with Crippen molar-refractivity contribution in [2.24, 2.45) is 10.7 Å². The molecular weight excluding hydrogens is 323 g/mol. The van der Waals surface area contributed by atoms with Crippen molar-refractivity contribution in [3.8, 4) is 11.5 Å². The van der Waals surface area contributed by atoms with Gasteiger partial charge >= 0.3 is 6.36 Å². The van der Waals surface area contributed by atoms with E-state index in [-0.39, 0.29) is 11.7 Å². The number of nitrogens with one attached hydrogen (secondary N) is 1. The molecule has 0 aromatic heterocycles. The molecule has 8 heteroatoms. The van der Waals surface area contributed by atoms with Gasteiger partial charge in [0.15, 0.2) is 5.96 Å². The Morgan fingerprint density at radius 1 is 1.04 bits per heavy atom. The number of halogens is 3. The molecule has 0 fully saturated rings. The van der Waals surface area contributed by atoms with Crippen molar-refractivity contribution in [3.63, 3.8) is 0 Å². The maximum Gasteiger partial charge on any atom is 0.573 e. The number of hydrogen-bond donors (Lipinski definition) is 2. The second-order valence-electron chi connectivity index (χ2n) is 4.75. The highest BCUT2D eigenvalue weighted by molar-refractivity contribution is 5.92. The first-order chi connectivity index (χ1) is 11.4. The molecule has 2 aromatic rings. The van der Waals surface area contributed by atoms with Crippen LogP contribution in [0.15, 0.2) is 53.5 Å². The molecule has 0 aliphatic rings. The monoisotopic (exact) mass is 339 g/mol. The summed E-state index contributed by atoms with van der Waals surface area (Å²) in [4.78, 5) is 4.16. The van der Waals surface area contributed by atoms with Gasteiger partial charge in [-0.15, -0.1) is 13.2 Å². The molecule has 5 nitrogen and oxygen atoms in total. The molecule has 0 amide bonds. The van der Waals surface area contributed by atoms with Gasteiger partial charge < -0.3 is 20.5 Å². The van der Waals surface area contributed by atoms with E-state index in [0.29, 0.717) is 12.2 Å². The number of ether oxygens (including phenoxy) is 2. The maximum absolute atomic E-state index is 12.1. The fourth-order valence-corrected chi connectivity index (χ4v) is 1.83. The van der Waals surface area contributed by atoms with Crippen molar-refractivity contribution >= 4 is 11.6 Å². The van der Waals surface area contributed by atoms with Gasteiger partial charge in [0.1, 0.15) is 11.5 Å². The highest BCUT2D eigenvalue weighted by atomic mass is 19.4. The molecule has 0 aliphatic heterocycles. The summed E-state index contributed by atoms with van der Waals surface area (Å²) in [6, 6.07) is 12.5. The second-order valence-corrected chi connectivity index (χ2v) is 4.75. The predicted molar refractivity (Wildman–Crippen MR) is 85.1 cm³/mol. The average molecular weight is 339 g/mol. The Bertz CT molecular complexity index is 683. The van der Waals surface area contributed by atoms with E-state index in [2.05, 4.69) is 15.0 Å². The molecule has 0 saturated heterocycles. The number of alkyl halides is 3. The van der Waals surface area contributed by atoms with Gasteiger partial charge in [-0.25, -0.2) is 4.99 Å². The molecule has 0 radical (unpaired) electrons. The second kappa shape index (κ2) is 7.58. The van der Waals surface area contributed by atoms with E-state index in [4.69, 9.17) is 10.5 Å². The summed E-state index contributed by atoms with van der Waals surface area (Å²) >= 11 is 0. The van der Waals surface area contributed by atoms with Gasteiger partial charge in [-0.2, -0.15) is 0 Å². The molecule has 2 aromatic carbocycles. The molecule has 0 spiro atoms. The third kappa shape index (κ3) is 5.71. The van der Waals surface area contributed by atoms with E-state index in [1.54, 1.807) is 7.11 Å². The van der Waals surface area contributed by atoms with Gasteiger partial charge in [-0.3, -0.25) is 0 Å². The lowest BCUT2D eigenvalue weighted by Gasteiger charge is -2.10. The summed E-state index contributed by atoms with van der Waals surface area (Å²) in [5.41, 5.74) is 7.19. The van der Waals surface area contributed by atoms with Gasteiger partial charge in [0, 0.05) is 5.69 Å². The third-order valence-electron chi connectivity index (χ3n) is 2.95. The number of nitrogens with zero attached hydrogens (tertiary/aromatic N) is 1. The van der Waals surface area contributed by atoms with Crippen LogP contribution in [0.1, 0.15) is 5.56 Å². The number of guanidine groups is 1. The minimum absolute atomic E-state index is 0.148. The van der Waals surface area contributed by atoms with Crippen LogP contribution in [0.4, 0.5) is 18.9 Å². The zero-order valence-electron chi connectivity index (χ0n) is 12.8. The van der Waals surface area contributed by atoms with Crippen molar-refractivity contribution in [2.45, 2.75) is 12.9 Å². The van der Waals surface area contributed by atoms with E-state index in [1.807, 2.05) is 24.3 Å². The van der Waals surface area contributed by atoms with Crippen LogP contribution in [-0.4, -0.2) is 19.4 Å². The lowest BCUT2D eigenvalue weighted by atomic mass is 10.2. The Kier molecular flexibility index (Phi) is 5.51. The summed E-state index contributed by atoms with van der Waals surface area (Å²) in [6.07, 6.45) is -4.71. The molecule has 0 bridgehead atoms. The maximum atomic E-state index is 12.1. The third-order valence-corrected chi connectivity index (χ3v) is 2.95.